The molecule has 0 bridgehead atoms. The predicted octanol–water partition coefficient (Wildman–Crippen LogP) is 0.570. The van der Waals surface area contributed by atoms with Crippen LogP contribution < -0.4 is 11.2 Å². The zero-order chi connectivity index (χ0) is 9.99. The molecular weight excluding hydrogens is 156 g/mol. The Kier molecular flexibility index (Phi) is 3.24. The smallest absolute Gasteiger partial charge is 0.321 e. The summed E-state index contributed by atoms with van der Waals surface area (Å²) in [6, 6.07) is 0. The molecule has 0 aliphatic carbocycles. The molecule has 0 radical (unpaired) electrons. The highest BCUT2D eigenvalue weighted by molar-refractivity contribution is 5.65. The minimum atomic E-state index is -0.456. The van der Waals surface area contributed by atoms with Crippen LogP contribution in [0.25, 0.3) is 0 Å². The molecule has 0 fully saturated rings. The second-order valence-corrected chi connectivity index (χ2v) is 4.04. The lowest BCUT2D eigenvalue weighted by Gasteiger charge is -2.37. The van der Waals surface area contributed by atoms with Gasteiger partial charge in [-0.1, -0.05) is 0 Å². The van der Waals surface area contributed by atoms with Gasteiger partial charge >= 0.3 is 5.97 Å². The van der Waals surface area contributed by atoms with E-state index in [9.17, 15) is 4.79 Å². The van der Waals surface area contributed by atoms with E-state index in [1.807, 2.05) is 27.7 Å². The molecule has 0 atom stereocenters. The fraction of sp³-hybridized carbons (Fsp3) is 0.875. The van der Waals surface area contributed by atoms with Crippen LogP contribution in [0.4, 0.5) is 0 Å². The highest BCUT2D eigenvalue weighted by atomic mass is 16.7. The zero-order valence-electron chi connectivity index (χ0n) is 8.39. The van der Waals surface area contributed by atoms with Crippen molar-refractivity contribution in [2.45, 2.75) is 45.7 Å². The Morgan fingerprint density at radius 3 is 2.00 bits per heavy atom. The molecule has 72 valence electrons. The zero-order valence-corrected chi connectivity index (χ0v) is 8.39. The van der Waals surface area contributed by atoms with E-state index in [0.29, 0.717) is 0 Å². The summed E-state index contributed by atoms with van der Waals surface area (Å²) in [6.45, 7) is 8.81. The van der Waals surface area contributed by atoms with Crippen LogP contribution in [0.5, 0.6) is 0 Å². The topological polar surface area (TPSA) is 64.3 Å². The number of carbonyl (C=O) groups is 1. The second-order valence-electron chi connectivity index (χ2n) is 4.04. The van der Waals surface area contributed by atoms with Crippen molar-refractivity contribution >= 4 is 5.97 Å². The number of rotatable bonds is 3. The summed E-state index contributed by atoms with van der Waals surface area (Å²) in [5, 5.41) is 0. The second kappa shape index (κ2) is 3.41. The van der Waals surface area contributed by atoms with Gasteiger partial charge in [0.05, 0.1) is 5.54 Å². The average molecular weight is 174 g/mol. The summed E-state index contributed by atoms with van der Waals surface area (Å²) in [6.07, 6.45) is 0. The van der Waals surface area contributed by atoms with Gasteiger partial charge in [0.15, 0.2) is 0 Å². The molecule has 0 rings (SSSR count). The van der Waals surface area contributed by atoms with E-state index in [1.54, 1.807) is 0 Å². The maximum atomic E-state index is 10.5. The quantitative estimate of drug-likeness (QED) is 0.614. The summed E-state index contributed by atoms with van der Waals surface area (Å²) >= 11 is 0. The number of hydrogen-bond donors (Lipinski definition) is 2. The molecule has 0 aromatic rings. The largest absolute Gasteiger partial charge is 0.370 e. The lowest BCUT2D eigenvalue weighted by atomic mass is 9.84. The Labute approximate surface area is 73.4 Å². The highest BCUT2D eigenvalue weighted by Crippen LogP contribution is 2.17. The Morgan fingerprint density at radius 2 is 1.75 bits per heavy atom. The van der Waals surface area contributed by atoms with E-state index in [0.717, 1.165) is 0 Å². The average Bonchev–Trinajstić information content (AvgIpc) is 1.81. The first-order valence-electron chi connectivity index (χ1n) is 3.90. The highest BCUT2D eigenvalue weighted by Gasteiger charge is 2.34. The van der Waals surface area contributed by atoms with Crippen molar-refractivity contribution in [2.24, 2.45) is 5.73 Å². The van der Waals surface area contributed by atoms with Crippen LogP contribution in [0.2, 0.25) is 0 Å². The molecule has 0 amide bonds. The minimum Gasteiger partial charge on any atom is -0.370 e. The molecule has 0 spiro atoms. The first-order chi connectivity index (χ1) is 5.17. The number of carbonyl (C=O) groups excluding carboxylic acids is 1. The molecule has 0 unspecified atom stereocenters. The Morgan fingerprint density at radius 1 is 1.33 bits per heavy atom. The lowest BCUT2D eigenvalue weighted by molar-refractivity contribution is -0.154. The number of nitrogens with one attached hydrogen (secondary N) is 1. The van der Waals surface area contributed by atoms with Crippen molar-refractivity contribution < 1.29 is 9.63 Å². The molecule has 0 saturated heterocycles. The fourth-order valence-electron chi connectivity index (χ4n) is 0.331. The molecule has 0 heterocycles. The van der Waals surface area contributed by atoms with Crippen molar-refractivity contribution in [1.29, 1.82) is 0 Å². The predicted molar refractivity (Wildman–Crippen MR) is 47.2 cm³/mol. The van der Waals surface area contributed by atoms with Gasteiger partial charge in [0, 0.05) is 12.5 Å². The van der Waals surface area contributed by atoms with Gasteiger partial charge in [0.25, 0.3) is 0 Å². The third-order valence-electron chi connectivity index (χ3n) is 2.06. The standard InChI is InChI=1S/C8H18N2O2/c1-6(11)12-10-8(4,5)7(2,3)9/h10H,9H2,1-5H3. The van der Waals surface area contributed by atoms with Gasteiger partial charge in [-0.05, 0) is 27.7 Å². The fourth-order valence-corrected chi connectivity index (χ4v) is 0.331. The van der Waals surface area contributed by atoms with Crippen LogP contribution in [-0.4, -0.2) is 17.0 Å². The van der Waals surface area contributed by atoms with Crippen molar-refractivity contribution in [2.75, 3.05) is 0 Å². The minimum absolute atomic E-state index is 0.368. The number of nitrogens with two attached hydrogens (primary N) is 1. The van der Waals surface area contributed by atoms with Gasteiger partial charge < -0.3 is 10.6 Å². The first kappa shape index (κ1) is 11.4. The van der Waals surface area contributed by atoms with Crippen LogP contribution in [0.3, 0.4) is 0 Å². The van der Waals surface area contributed by atoms with Crippen molar-refractivity contribution in [1.82, 2.24) is 5.48 Å². The van der Waals surface area contributed by atoms with Crippen molar-refractivity contribution in [3.63, 3.8) is 0 Å². The molecule has 0 saturated carbocycles. The first-order valence-corrected chi connectivity index (χ1v) is 3.90. The summed E-state index contributed by atoms with van der Waals surface area (Å²) in [5.74, 6) is -0.368. The van der Waals surface area contributed by atoms with Gasteiger partial charge in [0.1, 0.15) is 0 Å². The maximum Gasteiger partial charge on any atom is 0.321 e. The van der Waals surface area contributed by atoms with Gasteiger partial charge in [-0.15, -0.1) is 5.48 Å². The Bertz CT molecular complexity index is 170. The summed E-state index contributed by atoms with van der Waals surface area (Å²) in [7, 11) is 0. The van der Waals surface area contributed by atoms with E-state index in [-0.39, 0.29) is 5.97 Å². The molecule has 12 heavy (non-hydrogen) atoms. The number of hydrogen-bond acceptors (Lipinski definition) is 4. The normalized spacial score (nSPS) is 12.8. The number of hydroxylamine groups is 1. The van der Waals surface area contributed by atoms with E-state index in [4.69, 9.17) is 5.73 Å². The van der Waals surface area contributed by atoms with Crippen molar-refractivity contribution in [3.05, 3.63) is 0 Å². The third-order valence-corrected chi connectivity index (χ3v) is 2.06. The summed E-state index contributed by atoms with van der Waals surface area (Å²) < 4.78 is 0. The summed E-state index contributed by atoms with van der Waals surface area (Å²) in [4.78, 5) is 15.2. The van der Waals surface area contributed by atoms with Crippen LogP contribution in [0.1, 0.15) is 34.6 Å². The monoisotopic (exact) mass is 174 g/mol. The molecule has 0 aromatic heterocycles. The molecule has 3 N–H and O–H groups in total. The molecule has 0 aliphatic heterocycles. The van der Waals surface area contributed by atoms with Crippen LogP contribution >= 0.6 is 0 Å². The van der Waals surface area contributed by atoms with E-state index >= 15 is 0 Å². The van der Waals surface area contributed by atoms with Crippen LogP contribution in [0.15, 0.2) is 0 Å². The SMILES string of the molecule is CC(=O)ONC(C)(C)C(C)(C)N. The van der Waals surface area contributed by atoms with Crippen LogP contribution in [-0.2, 0) is 9.63 Å². The van der Waals surface area contributed by atoms with Gasteiger partial charge in [0.2, 0.25) is 0 Å². The molecule has 4 heteroatoms. The van der Waals surface area contributed by atoms with E-state index < -0.39 is 11.1 Å². The van der Waals surface area contributed by atoms with Gasteiger partial charge in [-0.25, -0.2) is 0 Å². The van der Waals surface area contributed by atoms with Crippen LogP contribution in [0, 0.1) is 0 Å². The van der Waals surface area contributed by atoms with Gasteiger partial charge in [-0.2, -0.15) is 0 Å². The lowest BCUT2D eigenvalue weighted by Crippen LogP contribution is -2.61. The summed E-state index contributed by atoms with van der Waals surface area (Å²) in [5.41, 5.74) is 7.57. The third kappa shape index (κ3) is 3.19. The van der Waals surface area contributed by atoms with Gasteiger partial charge in [-0.3, -0.25) is 4.79 Å². The van der Waals surface area contributed by atoms with E-state index in [1.165, 1.54) is 6.92 Å². The molecule has 0 aromatic carbocycles. The Balaban J connectivity index is 4.14. The Hall–Kier alpha value is -0.610. The van der Waals surface area contributed by atoms with E-state index in [2.05, 4.69) is 10.3 Å². The molecule has 4 nitrogen and oxygen atoms in total. The molecule has 0 aliphatic rings. The maximum absolute atomic E-state index is 10.5. The molecular formula is C8H18N2O2. The van der Waals surface area contributed by atoms with Crippen molar-refractivity contribution in [3.8, 4) is 0 Å².